The van der Waals surface area contributed by atoms with E-state index < -0.39 is 11.4 Å². The van der Waals surface area contributed by atoms with Gasteiger partial charge in [0.05, 0.1) is 11.0 Å². The molecule has 5 unspecified atom stereocenters. The molecule has 4 saturated carbocycles. The third-order valence-electron chi connectivity index (χ3n) is 11.7. The van der Waals surface area contributed by atoms with Crippen LogP contribution in [-0.4, -0.2) is 22.6 Å². The summed E-state index contributed by atoms with van der Waals surface area (Å²) in [5.41, 5.74) is -0.910. The van der Waals surface area contributed by atoms with E-state index in [0.717, 1.165) is 32.1 Å². The van der Waals surface area contributed by atoms with Gasteiger partial charge in [0.25, 0.3) is 0 Å². The number of hydrogen-bond donors (Lipinski definition) is 1. The number of rotatable bonds is 1. The summed E-state index contributed by atoms with van der Waals surface area (Å²) < 4.78 is 0. The zero-order valence-electron chi connectivity index (χ0n) is 21.3. The predicted molar refractivity (Wildman–Crippen MR) is 127 cm³/mol. The van der Waals surface area contributed by atoms with Crippen molar-refractivity contribution in [3.05, 3.63) is 11.6 Å². The van der Waals surface area contributed by atoms with Crippen molar-refractivity contribution in [1.29, 1.82) is 5.26 Å². The van der Waals surface area contributed by atoms with E-state index in [1.807, 2.05) is 13.0 Å². The largest absolute Gasteiger partial charge is 0.481 e. The zero-order chi connectivity index (χ0) is 24.8. The first-order valence-corrected chi connectivity index (χ1v) is 13.2. The second-order valence-electron chi connectivity index (χ2n) is 13.7. The molecule has 184 valence electrons. The molecule has 0 aromatic carbocycles. The summed E-state index contributed by atoms with van der Waals surface area (Å²) in [4.78, 5) is 39.5. The number of aliphatic carboxylic acids is 1. The lowest BCUT2D eigenvalue weighted by Crippen LogP contribution is -2.64. The van der Waals surface area contributed by atoms with E-state index in [4.69, 9.17) is 0 Å². The zero-order valence-corrected chi connectivity index (χ0v) is 21.3. The van der Waals surface area contributed by atoms with Crippen molar-refractivity contribution in [2.24, 2.45) is 57.2 Å². The van der Waals surface area contributed by atoms with Gasteiger partial charge in [-0.05, 0) is 84.9 Å². The molecule has 0 bridgehead atoms. The number of carbonyl (C=O) groups excluding carboxylic acids is 2. The highest BCUT2D eigenvalue weighted by Gasteiger charge is 2.68. The Morgan fingerprint density at radius 3 is 2.35 bits per heavy atom. The quantitative estimate of drug-likeness (QED) is 0.544. The van der Waals surface area contributed by atoms with E-state index in [1.54, 1.807) is 0 Å². The molecule has 0 aromatic rings. The summed E-state index contributed by atoms with van der Waals surface area (Å²) in [5.74, 6) is -0.602. The van der Waals surface area contributed by atoms with Crippen LogP contribution in [0.1, 0.15) is 86.0 Å². The van der Waals surface area contributed by atoms with Gasteiger partial charge in [-0.25, -0.2) is 0 Å². The Labute approximate surface area is 203 Å². The first-order valence-electron chi connectivity index (χ1n) is 13.2. The number of ketones is 2. The molecule has 5 aliphatic rings. The lowest BCUT2D eigenvalue weighted by molar-refractivity contribution is -0.195. The molecule has 9 atom stereocenters. The van der Waals surface area contributed by atoms with Crippen molar-refractivity contribution in [3.63, 3.8) is 0 Å². The molecule has 5 nitrogen and oxygen atoms in total. The van der Waals surface area contributed by atoms with Crippen molar-refractivity contribution >= 4 is 17.5 Å². The van der Waals surface area contributed by atoms with Gasteiger partial charge in [0.15, 0.2) is 5.78 Å². The van der Waals surface area contributed by atoms with E-state index >= 15 is 0 Å². The number of carbonyl (C=O) groups is 3. The van der Waals surface area contributed by atoms with Crippen LogP contribution < -0.4 is 0 Å². The maximum Gasteiger partial charge on any atom is 0.309 e. The highest BCUT2D eigenvalue weighted by atomic mass is 16.4. The van der Waals surface area contributed by atoms with Gasteiger partial charge in [-0.2, -0.15) is 5.26 Å². The Kier molecular flexibility index (Phi) is 5.09. The van der Waals surface area contributed by atoms with Gasteiger partial charge in [-0.3, -0.25) is 14.4 Å². The van der Waals surface area contributed by atoms with Gasteiger partial charge in [-0.1, -0.05) is 40.7 Å². The van der Waals surface area contributed by atoms with Crippen molar-refractivity contribution < 1.29 is 19.5 Å². The molecule has 0 aromatic heterocycles. The van der Waals surface area contributed by atoms with Crippen LogP contribution in [-0.2, 0) is 14.4 Å². The topological polar surface area (TPSA) is 95.2 Å². The molecule has 0 saturated heterocycles. The maximum atomic E-state index is 14.0. The van der Waals surface area contributed by atoms with E-state index in [0.29, 0.717) is 19.3 Å². The first kappa shape index (κ1) is 23.8. The molecule has 1 N–H and O–H groups in total. The van der Waals surface area contributed by atoms with Gasteiger partial charge in [-0.15, -0.1) is 0 Å². The average Bonchev–Trinajstić information content (AvgIpc) is 2.76. The molecular formula is C29H39NO4. The molecule has 0 spiro atoms. The Morgan fingerprint density at radius 1 is 1.03 bits per heavy atom. The number of nitriles is 1. The number of Topliss-reactive ketones (excluding diaryl/α,β-unsaturated/α-hetero) is 2. The molecule has 0 aliphatic heterocycles. The van der Waals surface area contributed by atoms with Gasteiger partial charge in [0.2, 0.25) is 0 Å². The van der Waals surface area contributed by atoms with Crippen LogP contribution in [0, 0.1) is 68.5 Å². The van der Waals surface area contributed by atoms with Gasteiger partial charge >= 0.3 is 5.97 Å². The van der Waals surface area contributed by atoms with Crippen molar-refractivity contribution in [3.8, 4) is 6.07 Å². The van der Waals surface area contributed by atoms with Gasteiger partial charge in [0, 0.05) is 18.3 Å². The fourth-order valence-corrected chi connectivity index (χ4v) is 9.90. The Hall–Kier alpha value is -1.96. The summed E-state index contributed by atoms with van der Waals surface area (Å²) in [7, 11) is 0. The number of hydrogen-bond acceptors (Lipinski definition) is 4. The number of carboxylic acid groups (broad SMARTS) is 1. The van der Waals surface area contributed by atoms with E-state index in [-0.39, 0.29) is 68.9 Å². The Morgan fingerprint density at radius 2 is 1.71 bits per heavy atom. The second kappa shape index (κ2) is 7.28. The van der Waals surface area contributed by atoms with Crippen LogP contribution in [0.3, 0.4) is 0 Å². The number of carboxylic acids is 1. The molecule has 4 fully saturated rings. The number of nitrogens with zero attached hydrogens (tertiary/aromatic N) is 1. The minimum Gasteiger partial charge on any atom is -0.481 e. The SMILES string of the molecule is C[C@H]1C(=O)C(C#N)=C[C@@]2(C)C1CC[C@@]1(C)C3CC[C@@]4(C(=O)O)CCC(C)(C)CC4C3C(=O)CC21. The highest BCUT2D eigenvalue weighted by Crippen LogP contribution is 2.70. The van der Waals surface area contributed by atoms with Gasteiger partial charge in [0.1, 0.15) is 11.9 Å². The van der Waals surface area contributed by atoms with Crippen molar-refractivity contribution in [1.82, 2.24) is 0 Å². The fourth-order valence-electron chi connectivity index (χ4n) is 9.90. The van der Waals surface area contributed by atoms with E-state index in [1.165, 1.54) is 0 Å². The van der Waals surface area contributed by atoms with Gasteiger partial charge < -0.3 is 5.11 Å². The molecule has 5 aliphatic carbocycles. The van der Waals surface area contributed by atoms with Crippen molar-refractivity contribution in [2.45, 2.75) is 86.0 Å². The first-order chi connectivity index (χ1) is 15.8. The molecule has 34 heavy (non-hydrogen) atoms. The Balaban J connectivity index is 1.59. The summed E-state index contributed by atoms with van der Waals surface area (Å²) in [6.45, 7) is 10.9. The average molecular weight is 466 g/mol. The second-order valence-corrected chi connectivity index (χ2v) is 13.7. The van der Waals surface area contributed by atoms with Crippen LogP contribution in [0.25, 0.3) is 0 Å². The third kappa shape index (κ3) is 2.93. The predicted octanol–water partition coefficient (Wildman–Crippen LogP) is 5.59. The lowest BCUT2D eigenvalue weighted by atomic mass is 9.36. The normalized spacial score (nSPS) is 49.5. The summed E-state index contributed by atoms with van der Waals surface area (Å²) in [5, 5.41) is 20.1. The molecule has 5 rings (SSSR count). The van der Waals surface area contributed by atoms with E-state index in [2.05, 4.69) is 33.8 Å². The van der Waals surface area contributed by atoms with E-state index in [9.17, 15) is 24.8 Å². The van der Waals surface area contributed by atoms with Crippen LogP contribution in [0.5, 0.6) is 0 Å². The number of allylic oxidation sites excluding steroid dienone is 2. The highest BCUT2D eigenvalue weighted by molar-refractivity contribution is 6.01. The molecule has 0 amide bonds. The minimum absolute atomic E-state index is 0.0524. The fraction of sp³-hybridized carbons (Fsp3) is 0.793. The summed E-state index contributed by atoms with van der Waals surface area (Å²) in [6, 6.07) is 2.14. The summed E-state index contributed by atoms with van der Waals surface area (Å²) >= 11 is 0. The van der Waals surface area contributed by atoms with Crippen LogP contribution in [0.2, 0.25) is 0 Å². The smallest absolute Gasteiger partial charge is 0.309 e. The molecular weight excluding hydrogens is 426 g/mol. The lowest BCUT2D eigenvalue weighted by Gasteiger charge is -2.66. The van der Waals surface area contributed by atoms with Crippen molar-refractivity contribution in [2.75, 3.05) is 0 Å². The summed E-state index contributed by atoms with van der Waals surface area (Å²) in [6.07, 6.45) is 8.07. The van der Waals surface area contributed by atoms with Crippen LogP contribution in [0.15, 0.2) is 11.6 Å². The minimum atomic E-state index is -0.768. The Bertz CT molecular complexity index is 1040. The monoisotopic (exact) mass is 465 g/mol. The molecule has 0 heterocycles. The van der Waals surface area contributed by atoms with Crippen LogP contribution >= 0.6 is 0 Å². The standard InChI is InChI=1S/C29H39NO4/c1-16-18-6-8-27(4)19-7-9-29(25(33)34)11-10-26(2,3)14-20(29)23(19)21(31)12-22(27)28(18,5)13-17(15-30)24(16)32/h13,16,18-20,22-23H,6-12,14H2,1-5H3,(H,33,34)/t16-,18?,19?,20?,22?,23?,27+,28+,29-/m1/s1. The third-order valence-corrected chi connectivity index (χ3v) is 11.7. The molecule has 0 radical (unpaired) electrons. The van der Waals surface area contributed by atoms with Crippen LogP contribution in [0.4, 0.5) is 0 Å². The number of fused-ring (bicyclic) bond motifs is 7. The maximum absolute atomic E-state index is 14.0. The molecule has 5 heteroatoms.